The topological polar surface area (TPSA) is 77.0 Å². The third kappa shape index (κ3) is 6.99. The summed E-state index contributed by atoms with van der Waals surface area (Å²) in [6, 6.07) is -0.0970. The molecule has 0 radical (unpaired) electrons. The smallest absolute Gasteiger partial charge is 0.357 e. The second-order valence-electron chi connectivity index (χ2n) is 7.70. The van der Waals surface area contributed by atoms with Crippen LogP contribution in [0.1, 0.15) is 46.0 Å². The van der Waals surface area contributed by atoms with Gasteiger partial charge in [-0.25, -0.2) is 8.42 Å². The van der Waals surface area contributed by atoms with E-state index in [1.54, 1.807) is 0 Å². The second-order valence-corrected chi connectivity index (χ2v) is 9.62. The molecule has 2 aliphatic rings. The van der Waals surface area contributed by atoms with E-state index >= 15 is 0 Å². The Morgan fingerprint density at radius 1 is 1.07 bits per heavy atom. The first-order chi connectivity index (χ1) is 13.7. The molecule has 2 N–H and O–H groups in total. The van der Waals surface area contributed by atoms with E-state index in [0.29, 0.717) is 42.1 Å². The van der Waals surface area contributed by atoms with E-state index in [-0.39, 0.29) is 19.1 Å². The molecule has 0 spiro atoms. The molecule has 0 atom stereocenters. The van der Waals surface area contributed by atoms with E-state index in [1.165, 1.54) is 12.8 Å². The molecule has 0 aliphatic carbocycles. The first-order valence-electron chi connectivity index (χ1n) is 10.5. The SMILES string of the molecule is CCNC(=NCCC1CCN(CC)CC1)NC1CCN(S(=O)(=O)C(F)(F)F)CC1. The third-order valence-electron chi connectivity index (χ3n) is 5.73. The Hall–Kier alpha value is -1.07. The van der Waals surface area contributed by atoms with Crippen molar-refractivity contribution in [1.29, 1.82) is 0 Å². The molecular weight excluding hydrogens is 407 g/mol. The van der Waals surface area contributed by atoms with Crippen LogP contribution >= 0.6 is 0 Å². The van der Waals surface area contributed by atoms with Gasteiger partial charge in [0, 0.05) is 32.2 Å². The Labute approximate surface area is 172 Å². The predicted molar refractivity (Wildman–Crippen MR) is 108 cm³/mol. The van der Waals surface area contributed by atoms with Gasteiger partial charge in [0.2, 0.25) is 0 Å². The highest BCUT2D eigenvalue weighted by molar-refractivity contribution is 7.90. The number of nitrogens with one attached hydrogen (secondary N) is 2. The maximum Gasteiger partial charge on any atom is 0.511 e. The Morgan fingerprint density at radius 3 is 2.21 bits per heavy atom. The zero-order valence-corrected chi connectivity index (χ0v) is 18.2. The van der Waals surface area contributed by atoms with Crippen molar-refractivity contribution >= 4 is 16.0 Å². The lowest BCUT2D eigenvalue weighted by molar-refractivity contribution is -0.0494. The molecule has 0 aromatic rings. The summed E-state index contributed by atoms with van der Waals surface area (Å²) in [5.41, 5.74) is -5.24. The molecule has 7 nitrogen and oxygen atoms in total. The van der Waals surface area contributed by atoms with Crippen molar-refractivity contribution in [2.24, 2.45) is 10.9 Å². The predicted octanol–water partition coefficient (Wildman–Crippen LogP) is 1.98. The molecule has 0 unspecified atom stereocenters. The van der Waals surface area contributed by atoms with Crippen LogP contribution in [0.2, 0.25) is 0 Å². The summed E-state index contributed by atoms with van der Waals surface area (Å²) in [5, 5.41) is 6.42. The number of aliphatic imine (C=N–C) groups is 1. The fourth-order valence-electron chi connectivity index (χ4n) is 3.85. The summed E-state index contributed by atoms with van der Waals surface area (Å²) >= 11 is 0. The number of alkyl halides is 3. The summed E-state index contributed by atoms with van der Waals surface area (Å²) in [6.45, 7) is 8.62. The molecule has 0 aromatic heterocycles. The minimum Gasteiger partial charge on any atom is -0.357 e. The van der Waals surface area contributed by atoms with Gasteiger partial charge in [-0.15, -0.1) is 0 Å². The summed E-state index contributed by atoms with van der Waals surface area (Å²) < 4.78 is 61.6. The minimum atomic E-state index is -5.24. The number of hydrogen-bond acceptors (Lipinski definition) is 4. The number of hydrogen-bond donors (Lipinski definition) is 2. The summed E-state index contributed by atoms with van der Waals surface area (Å²) in [4.78, 5) is 7.07. The first-order valence-corrected chi connectivity index (χ1v) is 11.9. The molecule has 2 saturated heterocycles. The number of guanidine groups is 1. The number of nitrogens with zero attached hydrogens (tertiary/aromatic N) is 3. The molecule has 0 amide bonds. The van der Waals surface area contributed by atoms with Crippen LogP contribution in [0.4, 0.5) is 13.2 Å². The molecule has 170 valence electrons. The van der Waals surface area contributed by atoms with Crippen LogP contribution in [0.15, 0.2) is 4.99 Å². The Balaban J connectivity index is 1.80. The van der Waals surface area contributed by atoms with Crippen LogP contribution in [-0.2, 0) is 10.0 Å². The molecule has 2 heterocycles. The highest BCUT2D eigenvalue weighted by atomic mass is 32.2. The van der Waals surface area contributed by atoms with Gasteiger partial charge in [0.1, 0.15) is 0 Å². The monoisotopic (exact) mass is 441 g/mol. The van der Waals surface area contributed by atoms with E-state index in [1.807, 2.05) is 6.92 Å². The number of piperidine rings is 2. The van der Waals surface area contributed by atoms with Crippen LogP contribution in [-0.4, -0.2) is 80.9 Å². The Morgan fingerprint density at radius 2 is 1.69 bits per heavy atom. The minimum absolute atomic E-state index is 0.0970. The lowest BCUT2D eigenvalue weighted by Crippen LogP contribution is -2.51. The van der Waals surface area contributed by atoms with Gasteiger partial charge in [-0.1, -0.05) is 6.92 Å². The van der Waals surface area contributed by atoms with Gasteiger partial charge < -0.3 is 15.5 Å². The molecule has 0 saturated carbocycles. The zero-order valence-electron chi connectivity index (χ0n) is 17.3. The van der Waals surface area contributed by atoms with Crippen molar-refractivity contribution in [2.45, 2.75) is 57.5 Å². The standard InChI is InChI=1S/C18H34F3N5O2S/c1-3-22-17(23-10-5-15-6-11-25(4-2)12-7-15)24-16-8-13-26(14-9-16)29(27,28)18(19,20)21/h15-16H,3-14H2,1-2H3,(H2,22,23,24). The van der Waals surface area contributed by atoms with Crippen molar-refractivity contribution in [3.8, 4) is 0 Å². The maximum atomic E-state index is 12.7. The van der Waals surface area contributed by atoms with Crippen molar-refractivity contribution < 1.29 is 21.6 Å². The maximum absolute atomic E-state index is 12.7. The number of sulfonamides is 1. The van der Waals surface area contributed by atoms with Crippen molar-refractivity contribution in [3.05, 3.63) is 0 Å². The van der Waals surface area contributed by atoms with Crippen LogP contribution in [0.3, 0.4) is 0 Å². The quantitative estimate of drug-likeness (QED) is 0.467. The van der Waals surface area contributed by atoms with Crippen molar-refractivity contribution in [3.63, 3.8) is 0 Å². The van der Waals surface area contributed by atoms with Crippen LogP contribution in [0.25, 0.3) is 0 Å². The van der Waals surface area contributed by atoms with Crippen LogP contribution in [0, 0.1) is 5.92 Å². The van der Waals surface area contributed by atoms with Gasteiger partial charge in [0.25, 0.3) is 0 Å². The Kier molecular flexibility index (Phi) is 9.02. The highest BCUT2D eigenvalue weighted by Crippen LogP contribution is 2.29. The molecule has 0 aromatic carbocycles. The molecule has 2 aliphatic heterocycles. The van der Waals surface area contributed by atoms with Crippen molar-refractivity contribution in [2.75, 3.05) is 45.8 Å². The van der Waals surface area contributed by atoms with E-state index in [0.717, 1.165) is 26.1 Å². The lowest BCUT2D eigenvalue weighted by Gasteiger charge is -2.32. The van der Waals surface area contributed by atoms with Gasteiger partial charge in [0.15, 0.2) is 5.96 Å². The van der Waals surface area contributed by atoms with Gasteiger partial charge in [0.05, 0.1) is 0 Å². The van der Waals surface area contributed by atoms with Gasteiger partial charge >= 0.3 is 15.5 Å². The van der Waals surface area contributed by atoms with E-state index in [4.69, 9.17) is 0 Å². The largest absolute Gasteiger partial charge is 0.511 e. The zero-order chi connectivity index (χ0) is 21.5. The van der Waals surface area contributed by atoms with Crippen LogP contribution in [0.5, 0.6) is 0 Å². The normalized spacial score (nSPS) is 22.0. The lowest BCUT2D eigenvalue weighted by atomic mass is 9.94. The number of halogens is 3. The fourth-order valence-corrected chi connectivity index (χ4v) is 4.83. The average Bonchev–Trinajstić information content (AvgIpc) is 2.68. The summed E-state index contributed by atoms with van der Waals surface area (Å²) in [5.74, 6) is 1.33. The first kappa shape index (κ1) is 24.2. The number of likely N-dealkylation sites (tertiary alicyclic amines) is 1. The molecule has 2 fully saturated rings. The van der Waals surface area contributed by atoms with E-state index < -0.39 is 15.5 Å². The molecule has 0 bridgehead atoms. The molecule has 2 rings (SSSR count). The fraction of sp³-hybridized carbons (Fsp3) is 0.944. The van der Waals surface area contributed by atoms with Crippen molar-refractivity contribution in [1.82, 2.24) is 19.8 Å². The van der Waals surface area contributed by atoms with Crippen LogP contribution < -0.4 is 10.6 Å². The molecule has 11 heteroatoms. The van der Waals surface area contributed by atoms with Gasteiger partial charge in [-0.2, -0.15) is 17.5 Å². The van der Waals surface area contributed by atoms with Gasteiger partial charge in [-0.05, 0) is 64.6 Å². The van der Waals surface area contributed by atoms with E-state index in [2.05, 4.69) is 27.4 Å². The Bertz CT molecular complexity index is 626. The summed E-state index contributed by atoms with van der Waals surface area (Å²) in [7, 11) is -5.24. The molecular formula is C18H34F3N5O2S. The number of rotatable bonds is 7. The average molecular weight is 442 g/mol. The highest BCUT2D eigenvalue weighted by Gasteiger charge is 2.50. The molecule has 29 heavy (non-hydrogen) atoms. The van der Waals surface area contributed by atoms with E-state index in [9.17, 15) is 21.6 Å². The van der Waals surface area contributed by atoms with Gasteiger partial charge in [-0.3, -0.25) is 4.99 Å². The second kappa shape index (κ2) is 10.8. The summed E-state index contributed by atoms with van der Waals surface area (Å²) in [6.07, 6.45) is 4.04. The third-order valence-corrected chi connectivity index (χ3v) is 7.36.